The van der Waals surface area contributed by atoms with Crippen LogP contribution in [0, 0.1) is 0 Å². The van der Waals surface area contributed by atoms with E-state index in [0.29, 0.717) is 0 Å². The minimum Gasteiger partial charge on any atom is -0.507 e. The van der Waals surface area contributed by atoms with E-state index in [4.69, 9.17) is 11.6 Å². The smallest absolute Gasteiger partial charge is 0.348 e. The molecule has 4 rings (SSSR count). The Kier molecular flexibility index (Phi) is 5.98. The van der Waals surface area contributed by atoms with Gasteiger partial charge in [0.25, 0.3) is 0 Å². The van der Waals surface area contributed by atoms with Crippen molar-refractivity contribution in [3.8, 4) is 28.6 Å². The highest BCUT2D eigenvalue weighted by Gasteiger charge is 2.28. The summed E-state index contributed by atoms with van der Waals surface area (Å²) in [5.74, 6) is -1.18. The molecule has 1 heterocycles. The van der Waals surface area contributed by atoms with E-state index in [1.807, 2.05) is 6.07 Å². The summed E-state index contributed by atoms with van der Waals surface area (Å²) < 4.78 is 28.6. The number of hydrogen-bond acceptors (Lipinski definition) is 6. The van der Waals surface area contributed by atoms with Crippen molar-refractivity contribution < 1.29 is 18.6 Å². The van der Waals surface area contributed by atoms with E-state index < -0.39 is 32.1 Å². The van der Waals surface area contributed by atoms with Gasteiger partial charge in [0.05, 0.1) is 16.3 Å². The maximum atomic E-state index is 13.2. The van der Waals surface area contributed by atoms with Crippen LogP contribution in [0.2, 0.25) is 5.02 Å². The molecule has 0 saturated heterocycles. The fourth-order valence-corrected chi connectivity index (χ4v) is 4.84. The van der Waals surface area contributed by atoms with Crippen LogP contribution in [0.4, 0.5) is 0 Å². The highest BCUT2D eigenvalue weighted by molar-refractivity contribution is 7.89. The molecule has 0 aliphatic carbocycles. The lowest BCUT2D eigenvalue weighted by molar-refractivity contribution is 0.430. The van der Waals surface area contributed by atoms with Crippen molar-refractivity contribution in [2.75, 3.05) is 7.05 Å². The summed E-state index contributed by atoms with van der Waals surface area (Å²) in [6.07, 6.45) is 0. The molecule has 0 saturated carbocycles. The van der Waals surface area contributed by atoms with E-state index in [1.165, 1.54) is 7.05 Å². The van der Waals surface area contributed by atoms with Crippen LogP contribution in [0.1, 0.15) is 5.56 Å². The lowest BCUT2D eigenvalue weighted by Gasteiger charge is -2.19. The number of halogens is 1. The van der Waals surface area contributed by atoms with Crippen LogP contribution in [0.3, 0.4) is 0 Å². The number of phenols is 2. The van der Waals surface area contributed by atoms with Crippen molar-refractivity contribution >= 4 is 21.6 Å². The van der Waals surface area contributed by atoms with Crippen LogP contribution in [-0.4, -0.2) is 44.7 Å². The molecular formula is C22H19ClN4O5S. The molecule has 0 amide bonds. The van der Waals surface area contributed by atoms with Crippen LogP contribution in [0.15, 0.2) is 76.4 Å². The molecule has 3 aromatic carbocycles. The summed E-state index contributed by atoms with van der Waals surface area (Å²) in [6, 6.07) is 17.4. The van der Waals surface area contributed by atoms with Gasteiger partial charge in [0, 0.05) is 19.7 Å². The fraction of sp³-hybridized carbons (Fsp3) is 0.0909. The number of nitrogens with one attached hydrogen (secondary N) is 1. The van der Waals surface area contributed by atoms with Crippen LogP contribution < -0.4 is 5.69 Å². The van der Waals surface area contributed by atoms with Crippen LogP contribution in [0.25, 0.3) is 17.1 Å². The van der Waals surface area contributed by atoms with Crippen LogP contribution in [0.5, 0.6) is 11.5 Å². The average Bonchev–Trinajstić information content (AvgIpc) is 3.15. The van der Waals surface area contributed by atoms with E-state index in [0.717, 1.165) is 26.6 Å². The summed E-state index contributed by atoms with van der Waals surface area (Å²) in [5, 5.41) is 27.3. The number of aromatic amines is 1. The number of hydrogen-bond donors (Lipinski definition) is 3. The van der Waals surface area contributed by atoms with Gasteiger partial charge < -0.3 is 10.2 Å². The second-order valence-corrected chi connectivity index (χ2v) is 9.64. The molecule has 0 fully saturated rings. The van der Waals surface area contributed by atoms with Crippen LogP contribution in [-0.2, 0) is 16.6 Å². The second-order valence-electron chi connectivity index (χ2n) is 7.22. The van der Waals surface area contributed by atoms with E-state index >= 15 is 0 Å². The van der Waals surface area contributed by atoms with Crippen molar-refractivity contribution in [2.24, 2.45) is 0 Å². The number of nitrogens with zero attached hydrogens (tertiary/aromatic N) is 3. The summed E-state index contributed by atoms with van der Waals surface area (Å²) >= 11 is 6.23. The summed E-state index contributed by atoms with van der Waals surface area (Å²) in [7, 11) is -2.80. The van der Waals surface area contributed by atoms with Gasteiger partial charge in [0.1, 0.15) is 16.4 Å². The standard InChI is InChI=1S/C22H19ClN4O5S/c1-26(13-14-7-3-2-4-8-14)33(31,32)20-11-15(18(28)12-19(20)29)21-24-25-22(30)27(21)17-10-6-5-9-16(17)23/h2-12,28-29H,13H2,1H3,(H,25,30). The van der Waals surface area contributed by atoms with Crippen molar-refractivity contribution in [1.29, 1.82) is 0 Å². The van der Waals surface area contributed by atoms with Crippen molar-refractivity contribution in [3.05, 3.63) is 87.8 Å². The van der Waals surface area contributed by atoms with Gasteiger partial charge in [-0.1, -0.05) is 54.1 Å². The molecule has 0 unspecified atom stereocenters. The molecule has 11 heteroatoms. The third-order valence-electron chi connectivity index (χ3n) is 5.02. The van der Waals surface area contributed by atoms with E-state index in [-0.39, 0.29) is 28.6 Å². The summed E-state index contributed by atoms with van der Waals surface area (Å²) in [6.45, 7) is 0.0611. The molecule has 0 aliphatic heterocycles. The molecule has 3 N–H and O–H groups in total. The monoisotopic (exact) mass is 486 g/mol. The normalized spacial score (nSPS) is 11.7. The summed E-state index contributed by atoms with van der Waals surface area (Å²) in [4.78, 5) is 12.0. The third kappa shape index (κ3) is 4.23. The Hall–Kier alpha value is -3.60. The number of aromatic nitrogens is 3. The van der Waals surface area contributed by atoms with E-state index in [2.05, 4.69) is 10.2 Å². The Bertz CT molecular complexity index is 1480. The third-order valence-corrected chi connectivity index (χ3v) is 7.17. The number of rotatable bonds is 6. The lowest BCUT2D eigenvalue weighted by atomic mass is 10.1. The first kappa shape index (κ1) is 22.6. The predicted octanol–water partition coefficient (Wildman–Crippen LogP) is 3.11. The van der Waals surface area contributed by atoms with Gasteiger partial charge in [0.15, 0.2) is 5.82 Å². The quantitative estimate of drug-likeness (QED) is 0.384. The minimum atomic E-state index is -4.17. The zero-order valence-corrected chi connectivity index (χ0v) is 18.9. The van der Waals surface area contributed by atoms with E-state index in [9.17, 15) is 23.4 Å². The highest BCUT2D eigenvalue weighted by atomic mass is 35.5. The number of sulfonamides is 1. The zero-order valence-electron chi connectivity index (χ0n) is 17.3. The Morgan fingerprint density at radius 2 is 1.70 bits per heavy atom. The molecule has 33 heavy (non-hydrogen) atoms. The predicted molar refractivity (Wildman–Crippen MR) is 123 cm³/mol. The molecule has 0 bridgehead atoms. The Morgan fingerprint density at radius 3 is 2.39 bits per heavy atom. The van der Waals surface area contributed by atoms with Gasteiger partial charge >= 0.3 is 5.69 Å². The Morgan fingerprint density at radius 1 is 1.03 bits per heavy atom. The summed E-state index contributed by atoms with van der Waals surface area (Å²) in [5.41, 5.74) is 0.307. The van der Waals surface area contributed by atoms with Gasteiger partial charge in [0.2, 0.25) is 10.0 Å². The molecule has 1 aromatic heterocycles. The van der Waals surface area contributed by atoms with Gasteiger partial charge in [-0.2, -0.15) is 9.40 Å². The Balaban J connectivity index is 1.83. The van der Waals surface area contributed by atoms with Crippen molar-refractivity contribution in [3.63, 3.8) is 0 Å². The molecular weight excluding hydrogens is 468 g/mol. The number of phenolic OH excluding ortho intramolecular Hbond substituents is 2. The molecule has 0 radical (unpaired) electrons. The number of benzene rings is 3. The largest absolute Gasteiger partial charge is 0.507 e. The maximum Gasteiger partial charge on any atom is 0.348 e. The number of aromatic hydroxyl groups is 2. The second kappa shape index (κ2) is 8.74. The zero-order chi connectivity index (χ0) is 23.8. The first-order valence-electron chi connectivity index (χ1n) is 9.69. The fourth-order valence-electron chi connectivity index (χ4n) is 3.37. The van der Waals surface area contributed by atoms with Gasteiger partial charge in [-0.25, -0.2) is 22.9 Å². The molecule has 0 spiro atoms. The SMILES string of the molecule is CN(Cc1ccccc1)S(=O)(=O)c1cc(-c2n[nH]c(=O)n2-c2ccccc2Cl)c(O)cc1O. The highest BCUT2D eigenvalue weighted by Crippen LogP contribution is 2.38. The van der Waals surface area contributed by atoms with Crippen LogP contribution >= 0.6 is 11.6 Å². The van der Waals surface area contributed by atoms with Gasteiger partial charge in [-0.15, -0.1) is 0 Å². The van der Waals surface area contributed by atoms with Crippen molar-refractivity contribution in [2.45, 2.75) is 11.4 Å². The van der Waals surface area contributed by atoms with Gasteiger partial charge in [-0.05, 0) is 23.8 Å². The minimum absolute atomic E-state index is 0.0611. The van der Waals surface area contributed by atoms with Gasteiger partial charge in [-0.3, -0.25) is 0 Å². The molecule has 0 aliphatic rings. The first-order valence-corrected chi connectivity index (χ1v) is 11.5. The van der Waals surface area contributed by atoms with E-state index in [1.54, 1.807) is 48.5 Å². The molecule has 170 valence electrons. The number of para-hydroxylation sites is 1. The Labute approximate surface area is 194 Å². The lowest BCUT2D eigenvalue weighted by Crippen LogP contribution is -2.26. The first-order chi connectivity index (χ1) is 15.7. The number of H-pyrrole nitrogens is 1. The maximum absolute atomic E-state index is 13.2. The molecule has 4 aromatic rings. The topological polar surface area (TPSA) is 129 Å². The van der Waals surface area contributed by atoms with Crippen molar-refractivity contribution in [1.82, 2.24) is 19.1 Å². The molecule has 9 nitrogen and oxygen atoms in total. The average molecular weight is 487 g/mol. The molecule has 0 atom stereocenters.